The fourth-order valence-corrected chi connectivity index (χ4v) is 3.02. The van der Waals surface area contributed by atoms with Gasteiger partial charge >= 0.3 is 0 Å². The van der Waals surface area contributed by atoms with Crippen LogP contribution in [0.4, 0.5) is 5.69 Å². The summed E-state index contributed by atoms with van der Waals surface area (Å²) in [6.45, 7) is 3.75. The van der Waals surface area contributed by atoms with Crippen molar-refractivity contribution in [2.45, 2.75) is 19.9 Å². The van der Waals surface area contributed by atoms with Gasteiger partial charge in [-0.15, -0.1) is 0 Å². The molecule has 0 spiro atoms. The predicted molar refractivity (Wildman–Crippen MR) is 96.6 cm³/mol. The first kappa shape index (κ1) is 18.0. The smallest absolute Gasteiger partial charge is 0.254 e. The highest BCUT2D eigenvalue weighted by atomic mass is 32.2. The molecule has 0 aliphatic heterocycles. The van der Waals surface area contributed by atoms with Gasteiger partial charge in [0.05, 0.1) is 18.0 Å². The van der Waals surface area contributed by atoms with Crippen LogP contribution in [0.1, 0.15) is 34.5 Å². The fourth-order valence-electron chi connectivity index (χ4n) is 2.40. The van der Waals surface area contributed by atoms with Crippen LogP contribution in [0, 0.1) is 6.92 Å². The van der Waals surface area contributed by atoms with Crippen molar-refractivity contribution in [2.75, 3.05) is 18.0 Å². The Balaban J connectivity index is 2.27. The summed E-state index contributed by atoms with van der Waals surface area (Å²) in [5, 5.41) is 0. The summed E-state index contributed by atoms with van der Waals surface area (Å²) in [6.07, 6.45) is 1.09. The van der Waals surface area contributed by atoms with Crippen LogP contribution in [-0.2, 0) is 10.0 Å². The first-order valence-corrected chi connectivity index (χ1v) is 9.49. The molecule has 0 saturated heterocycles. The van der Waals surface area contributed by atoms with Gasteiger partial charge in [-0.1, -0.05) is 36.4 Å². The van der Waals surface area contributed by atoms with E-state index in [-0.39, 0.29) is 11.9 Å². The number of hydrogen-bond acceptors (Lipinski definition) is 3. The average molecular weight is 346 g/mol. The zero-order valence-corrected chi connectivity index (χ0v) is 15.1. The lowest BCUT2D eigenvalue weighted by Crippen LogP contribution is -2.29. The zero-order valence-electron chi connectivity index (χ0n) is 14.3. The molecule has 0 saturated carbocycles. The Morgan fingerprint density at radius 1 is 1.12 bits per heavy atom. The molecule has 5 nitrogen and oxygen atoms in total. The van der Waals surface area contributed by atoms with Crippen molar-refractivity contribution >= 4 is 21.6 Å². The molecule has 0 aromatic heterocycles. The van der Waals surface area contributed by atoms with Crippen molar-refractivity contribution in [2.24, 2.45) is 0 Å². The number of nitrogens with zero attached hydrogens (tertiary/aromatic N) is 1. The van der Waals surface area contributed by atoms with Gasteiger partial charge in [-0.05, 0) is 37.1 Å². The molecule has 0 fully saturated rings. The molecular weight excluding hydrogens is 324 g/mol. The summed E-state index contributed by atoms with van der Waals surface area (Å²) < 4.78 is 25.4. The second kappa shape index (κ2) is 7.05. The molecule has 0 aliphatic rings. The van der Waals surface area contributed by atoms with E-state index < -0.39 is 10.0 Å². The average Bonchev–Trinajstić information content (AvgIpc) is 2.54. The standard InChI is InChI=1S/C18H22N2O3S/c1-13-10-11-16(12-17(13)19-24(4,22)23)18(21)20(3)14(2)15-8-6-5-7-9-15/h5-12,14,19H,1-4H3. The van der Waals surface area contributed by atoms with Gasteiger partial charge in [-0.3, -0.25) is 9.52 Å². The normalized spacial score (nSPS) is 12.5. The number of sulfonamides is 1. The molecule has 1 amide bonds. The summed E-state index contributed by atoms with van der Waals surface area (Å²) in [5.74, 6) is -0.164. The highest BCUT2D eigenvalue weighted by molar-refractivity contribution is 7.92. The maximum Gasteiger partial charge on any atom is 0.254 e. The molecule has 24 heavy (non-hydrogen) atoms. The van der Waals surface area contributed by atoms with Crippen LogP contribution in [0.15, 0.2) is 48.5 Å². The van der Waals surface area contributed by atoms with Crippen molar-refractivity contribution in [1.82, 2.24) is 4.90 Å². The molecule has 1 N–H and O–H groups in total. The second-order valence-electron chi connectivity index (χ2n) is 5.91. The quantitative estimate of drug-likeness (QED) is 0.904. The van der Waals surface area contributed by atoms with Gasteiger partial charge in [-0.25, -0.2) is 8.42 Å². The summed E-state index contributed by atoms with van der Waals surface area (Å²) in [5.41, 5.74) is 2.66. The zero-order chi connectivity index (χ0) is 17.9. The van der Waals surface area contributed by atoms with E-state index >= 15 is 0 Å². The van der Waals surface area contributed by atoms with Crippen LogP contribution in [0.5, 0.6) is 0 Å². The number of aryl methyl sites for hydroxylation is 1. The third kappa shape index (κ3) is 4.35. The van der Waals surface area contributed by atoms with Gasteiger partial charge in [0, 0.05) is 12.6 Å². The van der Waals surface area contributed by atoms with Gasteiger partial charge in [0.25, 0.3) is 5.91 Å². The van der Waals surface area contributed by atoms with Crippen LogP contribution in [-0.4, -0.2) is 32.5 Å². The molecule has 1 unspecified atom stereocenters. The minimum Gasteiger partial charge on any atom is -0.335 e. The molecule has 0 heterocycles. The Hall–Kier alpha value is -2.34. The van der Waals surface area contributed by atoms with E-state index in [2.05, 4.69) is 4.72 Å². The third-order valence-electron chi connectivity index (χ3n) is 3.96. The van der Waals surface area contributed by atoms with Crippen molar-refractivity contribution < 1.29 is 13.2 Å². The molecule has 2 aromatic carbocycles. The lowest BCUT2D eigenvalue weighted by atomic mass is 10.1. The maximum absolute atomic E-state index is 12.7. The van der Waals surface area contributed by atoms with Crippen molar-refractivity contribution in [3.63, 3.8) is 0 Å². The SMILES string of the molecule is Cc1ccc(C(=O)N(C)C(C)c2ccccc2)cc1NS(C)(=O)=O. The number of hydrogen-bond donors (Lipinski definition) is 1. The molecule has 0 bridgehead atoms. The Kier molecular flexibility index (Phi) is 5.29. The van der Waals surface area contributed by atoms with Crippen LogP contribution >= 0.6 is 0 Å². The molecule has 6 heteroatoms. The van der Waals surface area contributed by atoms with Crippen LogP contribution in [0.2, 0.25) is 0 Å². The highest BCUT2D eigenvalue weighted by Gasteiger charge is 2.19. The Bertz CT molecular complexity index is 833. The lowest BCUT2D eigenvalue weighted by Gasteiger charge is -2.25. The number of benzene rings is 2. The summed E-state index contributed by atoms with van der Waals surface area (Å²) in [4.78, 5) is 14.4. The summed E-state index contributed by atoms with van der Waals surface area (Å²) >= 11 is 0. The number of rotatable bonds is 5. The van der Waals surface area contributed by atoms with E-state index in [4.69, 9.17) is 0 Å². The van der Waals surface area contributed by atoms with Gasteiger partial charge in [0.2, 0.25) is 10.0 Å². The molecule has 2 rings (SSSR count). The van der Waals surface area contributed by atoms with Crippen LogP contribution < -0.4 is 4.72 Å². The van der Waals surface area contributed by atoms with E-state index in [1.54, 1.807) is 37.1 Å². The van der Waals surface area contributed by atoms with Crippen molar-refractivity contribution in [3.8, 4) is 0 Å². The summed E-state index contributed by atoms with van der Waals surface area (Å²) in [7, 11) is -1.66. The van der Waals surface area contributed by atoms with Gasteiger partial charge in [0.15, 0.2) is 0 Å². The summed E-state index contributed by atoms with van der Waals surface area (Å²) in [6, 6.07) is 14.7. The molecule has 0 radical (unpaired) electrons. The number of carbonyl (C=O) groups is 1. The highest BCUT2D eigenvalue weighted by Crippen LogP contribution is 2.23. The molecule has 2 aromatic rings. The fraction of sp³-hybridized carbons (Fsp3) is 0.278. The minimum atomic E-state index is -3.40. The predicted octanol–water partition coefficient (Wildman–Crippen LogP) is 3.20. The van der Waals surface area contributed by atoms with E-state index in [9.17, 15) is 13.2 Å². The number of amides is 1. The number of carbonyl (C=O) groups excluding carboxylic acids is 1. The second-order valence-corrected chi connectivity index (χ2v) is 7.66. The largest absolute Gasteiger partial charge is 0.335 e. The van der Waals surface area contributed by atoms with E-state index in [1.165, 1.54) is 0 Å². The van der Waals surface area contributed by atoms with Crippen LogP contribution in [0.25, 0.3) is 0 Å². The van der Waals surface area contributed by atoms with Crippen molar-refractivity contribution in [1.29, 1.82) is 0 Å². The molecule has 1 atom stereocenters. The first-order chi connectivity index (χ1) is 11.2. The number of nitrogens with one attached hydrogen (secondary N) is 1. The Morgan fingerprint density at radius 3 is 2.33 bits per heavy atom. The maximum atomic E-state index is 12.7. The Morgan fingerprint density at radius 2 is 1.75 bits per heavy atom. The van der Waals surface area contributed by atoms with Crippen LogP contribution in [0.3, 0.4) is 0 Å². The van der Waals surface area contributed by atoms with E-state index in [0.717, 1.165) is 17.4 Å². The minimum absolute atomic E-state index is 0.0914. The molecule has 0 aliphatic carbocycles. The van der Waals surface area contributed by atoms with Gasteiger partial charge < -0.3 is 4.90 Å². The van der Waals surface area contributed by atoms with Gasteiger partial charge in [0.1, 0.15) is 0 Å². The first-order valence-electron chi connectivity index (χ1n) is 7.59. The van der Waals surface area contributed by atoms with Crippen molar-refractivity contribution in [3.05, 3.63) is 65.2 Å². The van der Waals surface area contributed by atoms with E-state index in [1.807, 2.05) is 37.3 Å². The third-order valence-corrected chi connectivity index (χ3v) is 4.55. The van der Waals surface area contributed by atoms with Gasteiger partial charge in [-0.2, -0.15) is 0 Å². The number of anilines is 1. The topological polar surface area (TPSA) is 66.5 Å². The van der Waals surface area contributed by atoms with E-state index in [0.29, 0.717) is 11.3 Å². The molecule has 128 valence electrons. The lowest BCUT2D eigenvalue weighted by molar-refractivity contribution is 0.0742. The monoisotopic (exact) mass is 346 g/mol. The molecular formula is C18H22N2O3S. The Labute approximate surface area is 143 Å².